The van der Waals surface area contributed by atoms with Crippen LogP contribution in [0.15, 0.2) is 0 Å². The van der Waals surface area contributed by atoms with Crippen LogP contribution in [-0.2, 0) is 4.79 Å². The van der Waals surface area contributed by atoms with E-state index in [0.717, 1.165) is 32.2 Å². The van der Waals surface area contributed by atoms with E-state index in [9.17, 15) is 9.59 Å². The molecular formula is C15H26N2O3. The number of carbonyl (C=O) groups is 2. The molecule has 0 aromatic heterocycles. The number of aliphatic carboxylic acids is 1. The van der Waals surface area contributed by atoms with Gasteiger partial charge in [-0.15, -0.1) is 0 Å². The smallest absolute Gasteiger partial charge is 0.317 e. The van der Waals surface area contributed by atoms with E-state index in [1.165, 1.54) is 19.3 Å². The van der Waals surface area contributed by atoms with Gasteiger partial charge in [0.25, 0.3) is 0 Å². The number of carboxylic acid groups (broad SMARTS) is 1. The fraction of sp³-hybridized carbons (Fsp3) is 0.867. The van der Waals surface area contributed by atoms with Crippen molar-refractivity contribution in [3.8, 4) is 0 Å². The van der Waals surface area contributed by atoms with E-state index in [-0.39, 0.29) is 18.5 Å². The normalized spacial score (nSPS) is 24.2. The fourth-order valence-corrected chi connectivity index (χ4v) is 3.27. The van der Waals surface area contributed by atoms with Crippen LogP contribution in [-0.4, -0.2) is 41.1 Å². The summed E-state index contributed by atoms with van der Waals surface area (Å²) in [4.78, 5) is 24.9. The van der Waals surface area contributed by atoms with E-state index in [2.05, 4.69) is 12.2 Å². The van der Waals surface area contributed by atoms with Crippen molar-refractivity contribution < 1.29 is 14.7 Å². The lowest BCUT2D eigenvalue weighted by molar-refractivity contribution is -0.138. The van der Waals surface area contributed by atoms with Crippen LogP contribution < -0.4 is 5.32 Å². The average molecular weight is 282 g/mol. The number of carboxylic acids is 1. The molecule has 1 aliphatic heterocycles. The van der Waals surface area contributed by atoms with Gasteiger partial charge in [0.1, 0.15) is 0 Å². The van der Waals surface area contributed by atoms with E-state index in [1.807, 2.05) is 0 Å². The van der Waals surface area contributed by atoms with Crippen LogP contribution in [0.3, 0.4) is 0 Å². The van der Waals surface area contributed by atoms with Crippen molar-refractivity contribution >= 4 is 12.0 Å². The van der Waals surface area contributed by atoms with Gasteiger partial charge in [-0.25, -0.2) is 4.79 Å². The summed E-state index contributed by atoms with van der Waals surface area (Å²) in [5.41, 5.74) is 0.336. The Hall–Kier alpha value is -1.26. The van der Waals surface area contributed by atoms with Crippen LogP contribution in [0.2, 0.25) is 0 Å². The third-order valence-corrected chi connectivity index (χ3v) is 4.65. The number of hydrogen-bond acceptors (Lipinski definition) is 2. The number of rotatable bonds is 6. The molecule has 0 spiro atoms. The van der Waals surface area contributed by atoms with Crippen LogP contribution in [0.1, 0.15) is 58.3 Å². The maximum Gasteiger partial charge on any atom is 0.317 e. The highest BCUT2D eigenvalue weighted by molar-refractivity contribution is 5.76. The van der Waals surface area contributed by atoms with Crippen LogP contribution in [0.25, 0.3) is 0 Å². The largest absolute Gasteiger partial charge is 0.481 e. The van der Waals surface area contributed by atoms with Gasteiger partial charge in [-0.3, -0.25) is 4.79 Å². The van der Waals surface area contributed by atoms with Gasteiger partial charge >= 0.3 is 12.0 Å². The Labute approximate surface area is 120 Å². The summed E-state index contributed by atoms with van der Waals surface area (Å²) >= 11 is 0. The molecule has 1 heterocycles. The van der Waals surface area contributed by atoms with Crippen molar-refractivity contribution in [2.45, 2.75) is 64.3 Å². The number of urea groups is 1. The van der Waals surface area contributed by atoms with E-state index in [1.54, 1.807) is 4.90 Å². The Balaban J connectivity index is 1.84. The monoisotopic (exact) mass is 282 g/mol. The van der Waals surface area contributed by atoms with Gasteiger partial charge in [0.2, 0.25) is 0 Å². The zero-order chi connectivity index (χ0) is 14.6. The van der Waals surface area contributed by atoms with E-state index in [0.29, 0.717) is 12.0 Å². The van der Waals surface area contributed by atoms with Crippen molar-refractivity contribution in [2.75, 3.05) is 13.1 Å². The van der Waals surface area contributed by atoms with Crippen LogP contribution >= 0.6 is 0 Å². The minimum Gasteiger partial charge on any atom is -0.481 e. The number of piperidine rings is 1. The predicted molar refractivity (Wildman–Crippen MR) is 76.6 cm³/mol. The number of nitrogens with one attached hydrogen (secondary N) is 1. The molecule has 1 saturated heterocycles. The number of amides is 2. The molecule has 1 aliphatic carbocycles. The summed E-state index contributed by atoms with van der Waals surface area (Å²) in [6.07, 6.45) is 7.60. The summed E-state index contributed by atoms with van der Waals surface area (Å²) in [7, 11) is 0. The Morgan fingerprint density at radius 3 is 2.70 bits per heavy atom. The van der Waals surface area contributed by atoms with Crippen molar-refractivity contribution in [1.29, 1.82) is 0 Å². The molecule has 1 saturated carbocycles. The first kappa shape index (κ1) is 15.1. The zero-order valence-electron chi connectivity index (χ0n) is 12.4. The Kier molecular flexibility index (Phi) is 4.89. The second kappa shape index (κ2) is 6.46. The Morgan fingerprint density at radius 1 is 1.35 bits per heavy atom. The van der Waals surface area contributed by atoms with Gasteiger partial charge in [-0.05, 0) is 43.9 Å². The van der Waals surface area contributed by atoms with Gasteiger partial charge in [0.15, 0.2) is 0 Å². The first-order valence-electron chi connectivity index (χ1n) is 7.82. The standard InChI is InChI=1S/C15H26N2O3/c1-2-6-15(7-8-15)11-16-14(20)17-9-4-3-5-12(17)10-13(18)19/h12H,2-11H2,1H3,(H,16,20)(H,18,19). The van der Waals surface area contributed by atoms with Gasteiger partial charge in [0.05, 0.1) is 6.42 Å². The lowest BCUT2D eigenvalue weighted by atomic mass is 9.99. The molecule has 114 valence electrons. The van der Waals surface area contributed by atoms with Crippen molar-refractivity contribution in [3.63, 3.8) is 0 Å². The maximum atomic E-state index is 12.3. The molecule has 0 aromatic carbocycles. The molecule has 2 amide bonds. The molecule has 2 N–H and O–H groups in total. The van der Waals surface area contributed by atoms with Gasteiger partial charge in [-0.2, -0.15) is 0 Å². The third-order valence-electron chi connectivity index (χ3n) is 4.65. The van der Waals surface area contributed by atoms with E-state index < -0.39 is 5.97 Å². The SMILES string of the molecule is CCCC1(CNC(=O)N2CCCCC2CC(=O)O)CC1. The van der Waals surface area contributed by atoms with E-state index in [4.69, 9.17) is 5.11 Å². The molecule has 1 atom stereocenters. The second-order valence-electron chi connectivity index (χ2n) is 6.35. The maximum absolute atomic E-state index is 12.3. The highest BCUT2D eigenvalue weighted by atomic mass is 16.4. The van der Waals surface area contributed by atoms with Crippen LogP contribution in [0.4, 0.5) is 4.79 Å². The quantitative estimate of drug-likeness (QED) is 0.786. The zero-order valence-corrected chi connectivity index (χ0v) is 12.4. The molecule has 0 radical (unpaired) electrons. The lowest BCUT2D eigenvalue weighted by Gasteiger charge is -2.35. The molecule has 2 fully saturated rings. The number of carbonyl (C=O) groups excluding carboxylic acids is 1. The number of hydrogen-bond donors (Lipinski definition) is 2. The Morgan fingerprint density at radius 2 is 2.10 bits per heavy atom. The third kappa shape index (κ3) is 3.87. The lowest BCUT2D eigenvalue weighted by Crippen LogP contribution is -2.50. The average Bonchev–Trinajstić information content (AvgIpc) is 3.17. The predicted octanol–water partition coefficient (Wildman–Crippen LogP) is 2.61. The second-order valence-corrected chi connectivity index (χ2v) is 6.35. The number of likely N-dealkylation sites (tertiary alicyclic amines) is 1. The summed E-state index contributed by atoms with van der Waals surface area (Å²) in [5, 5.41) is 12.0. The first-order chi connectivity index (χ1) is 9.56. The summed E-state index contributed by atoms with van der Waals surface area (Å²) in [5.74, 6) is -0.820. The fourth-order valence-electron chi connectivity index (χ4n) is 3.27. The molecule has 2 aliphatic rings. The molecule has 0 aromatic rings. The van der Waals surface area contributed by atoms with E-state index >= 15 is 0 Å². The van der Waals surface area contributed by atoms with Crippen molar-refractivity contribution in [2.24, 2.45) is 5.41 Å². The van der Waals surface area contributed by atoms with Crippen LogP contribution in [0.5, 0.6) is 0 Å². The van der Waals surface area contributed by atoms with Gasteiger partial charge in [0, 0.05) is 19.1 Å². The minimum atomic E-state index is -0.820. The molecular weight excluding hydrogens is 256 g/mol. The molecule has 1 unspecified atom stereocenters. The summed E-state index contributed by atoms with van der Waals surface area (Å²) in [6.45, 7) is 3.61. The topological polar surface area (TPSA) is 69.6 Å². The van der Waals surface area contributed by atoms with Gasteiger partial charge < -0.3 is 15.3 Å². The Bertz CT molecular complexity index is 366. The van der Waals surface area contributed by atoms with Crippen molar-refractivity contribution in [1.82, 2.24) is 10.2 Å². The highest BCUT2D eigenvalue weighted by Crippen LogP contribution is 2.48. The molecule has 2 rings (SSSR count). The van der Waals surface area contributed by atoms with Crippen LogP contribution in [0, 0.1) is 5.41 Å². The molecule has 20 heavy (non-hydrogen) atoms. The number of nitrogens with zero attached hydrogens (tertiary/aromatic N) is 1. The summed E-state index contributed by atoms with van der Waals surface area (Å²) < 4.78 is 0. The van der Waals surface area contributed by atoms with Crippen molar-refractivity contribution in [3.05, 3.63) is 0 Å². The molecule has 0 bridgehead atoms. The molecule has 5 heteroatoms. The first-order valence-corrected chi connectivity index (χ1v) is 7.82. The summed E-state index contributed by atoms with van der Waals surface area (Å²) in [6, 6.07) is -0.207. The molecule has 5 nitrogen and oxygen atoms in total. The highest BCUT2D eigenvalue weighted by Gasteiger charge is 2.42. The minimum absolute atomic E-state index is 0.0630. The van der Waals surface area contributed by atoms with Gasteiger partial charge in [-0.1, -0.05) is 13.3 Å².